The molecular weight excluding hydrogens is 252 g/mol. The average Bonchev–Trinajstić information content (AvgIpc) is 3.05. The number of carbonyl (C=O) groups excluding carboxylic acids is 1. The van der Waals surface area contributed by atoms with E-state index in [4.69, 9.17) is 4.74 Å². The fourth-order valence-electron chi connectivity index (χ4n) is 1.68. The van der Waals surface area contributed by atoms with E-state index < -0.39 is 10.9 Å². The van der Waals surface area contributed by atoms with Crippen LogP contribution in [0.1, 0.15) is 0 Å². The van der Waals surface area contributed by atoms with Crippen molar-refractivity contribution in [2.45, 2.75) is 15.3 Å². The second-order valence-electron chi connectivity index (χ2n) is 3.53. The zero-order valence-electron chi connectivity index (χ0n) is 9.19. The Morgan fingerprint density at radius 3 is 2.72 bits per heavy atom. The van der Waals surface area contributed by atoms with Gasteiger partial charge in [0, 0.05) is 4.90 Å². The summed E-state index contributed by atoms with van der Waals surface area (Å²) in [7, 11) is -0.603. The lowest BCUT2D eigenvalue weighted by Gasteiger charge is -2.19. The maximum atomic E-state index is 11.7. The van der Waals surface area contributed by atoms with Gasteiger partial charge in [0.05, 0.1) is 6.26 Å². The normalized spacial score (nSPS) is 18.3. The molecule has 18 heavy (non-hydrogen) atoms. The van der Waals surface area contributed by atoms with E-state index >= 15 is 0 Å². The van der Waals surface area contributed by atoms with Gasteiger partial charge in [-0.2, -0.15) is 5.21 Å². The van der Waals surface area contributed by atoms with Gasteiger partial charge in [0.2, 0.25) is 5.16 Å². The predicted octanol–water partition coefficient (Wildman–Crippen LogP) is 1.33. The number of nitrogens with one attached hydrogen (secondary N) is 1. The van der Waals surface area contributed by atoms with Crippen LogP contribution < -0.4 is 0 Å². The molecule has 1 atom stereocenters. The van der Waals surface area contributed by atoms with E-state index in [-0.39, 0.29) is 11.2 Å². The summed E-state index contributed by atoms with van der Waals surface area (Å²) in [5.74, 6) is -0.285. The minimum atomic E-state index is -0.603. The monoisotopic (exact) mass is 261 g/mol. The zero-order chi connectivity index (χ0) is 12.4. The van der Waals surface area contributed by atoms with Crippen molar-refractivity contribution >= 4 is 16.9 Å². The molecule has 1 aliphatic rings. The van der Waals surface area contributed by atoms with Gasteiger partial charge in [-0.05, 0) is 23.4 Å². The average molecular weight is 261 g/mol. The number of ether oxygens (including phenoxy) is 1. The predicted molar refractivity (Wildman–Crippen MR) is 63.8 cm³/mol. The molecule has 0 saturated carbocycles. The highest BCUT2D eigenvalue weighted by molar-refractivity contribution is 8.18. The molecule has 0 spiro atoms. The number of benzene rings is 1. The quantitative estimate of drug-likeness (QED) is 0.843. The second kappa shape index (κ2) is 4.61. The SMILES string of the molecule is O=C1OC=CC1[S](c1ccccc1)c1nn[nH]n1. The van der Waals surface area contributed by atoms with E-state index in [9.17, 15) is 4.79 Å². The summed E-state index contributed by atoms with van der Waals surface area (Å²) in [6.07, 6.45) is 3.14. The van der Waals surface area contributed by atoms with E-state index in [0.29, 0.717) is 5.16 Å². The molecule has 0 fully saturated rings. The van der Waals surface area contributed by atoms with E-state index in [2.05, 4.69) is 20.6 Å². The molecule has 1 N–H and O–H groups in total. The molecule has 1 aromatic heterocycles. The van der Waals surface area contributed by atoms with Crippen LogP contribution in [0.3, 0.4) is 0 Å². The highest BCUT2D eigenvalue weighted by Gasteiger charge is 2.34. The number of cyclic esters (lactones) is 1. The summed E-state index contributed by atoms with van der Waals surface area (Å²) in [5, 5.41) is 14.1. The van der Waals surface area contributed by atoms with Gasteiger partial charge in [-0.1, -0.05) is 29.1 Å². The third kappa shape index (κ3) is 1.88. The number of hydrogen-bond donors (Lipinski definition) is 1. The molecule has 0 saturated heterocycles. The first kappa shape index (κ1) is 11.0. The summed E-state index contributed by atoms with van der Waals surface area (Å²) >= 11 is 0. The number of esters is 1. The molecule has 0 aliphatic carbocycles. The Kier molecular flexibility index (Phi) is 2.81. The molecule has 1 aromatic carbocycles. The van der Waals surface area contributed by atoms with Gasteiger partial charge in [-0.3, -0.25) is 4.79 Å². The van der Waals surface area contributed by atoms with Crippen LogP contribution in [-0.2, 0) is 9.53 Å². The van der Waals surface area contributed by atoms with Gasteiger partial charge < -0.3 is 4.74 Å². The Hall–Kier alpha value is -2.15. The molecule has 6 nitrogen and oxygen atoms in total. The summed E-state index contributed by atoms with van der Waals surface area (Å²) < 4.78 is 4.87. The van der Waals surface area contributed by atoms with E-state index in [1.807, 2.05) is 30.3 Å². The molecule has 1 radical (unpaired) electrons. The minimum absolute atomic E-state index is 0.285. The Morgan fingerprint density at radius 1 is 1.28 bits per heavy atom. The molecule has 0 amide bonds. The van der Waals surface area contributed by atoms with E-state index in [0.717, 1.165) is 4.90 Å². The molecule has 0 bridgehead atoms. The maximum absolute atomic E-state index is 11.7. The van der Waals surface area contributed by atoms with Gasteiger partial charge >= 0.3 is 5.97 Å². The first-order chi connectivity index (χ1) is 8.86. The van der Waals surface area contributed by atoms with Crippen LogP contribution in [0.5, 0.6) is 0 Å². The Morgan fingerprint density at radius 2 is 2.11 bits per heavy atom. The third-order valence-electron chi connectivity index (χ3n) is 2.44. The molecule has 91 valence electrons. The summed E-state index contributed by atoms with van der Waals surface area (Å²) in [4.78, 5) is 12.7. The Bertz CT molecular complexity index is 570. The van der Waals surface area contributed by atoms with E-state index in [1.165, 1.54) is 6.26 Å². The molecule has 3 rings (SSSR count). The van der Waals surface area contributed by atoms with Crippen LogP contribution in [0.2, 0.25) is 0 Å². The van der Waals surface area contributed by atoms with Gasteiger partial charge in [0.1, 0.15) is 5.25 Å². The second-order valence-corrected chi connectivity index (χ2v) is 5.55. The van der Waals surface area contributed by atoms with Crippen LogP contribution in [0.15, 0.2) is 52.7 Å². The number of aromatic amines is 1. The van der Waals surface area contributed by atoms with E-state index in [1.54, 1.807) is 6.08 Å². The van der Waals surface area contributed by atoms with Crippen molar-refractivity contribution in [1.82, 2.24) is 20.6 Å². The van der Waals surface area contributed by atoms with Crippen LogP contribution >= 0.6 is 10.9 Å². The number of H-pyrrole nitrogens is 1. The lowest BCUT2D eigenvalue weighted by molar-refractivity contribution is -0.134. The lowest BCUT2D eigenvalue weighted by atomic mass is 10.4. The highest BCUT2D eigenvalue weighted by atomic mass is 32.2. The van der Waals surface area contributed by atoms with Crippen molar-refractivity contribution in [3.63, 3.8) is 0 Å². The first-order valence-corrected chi connectivity index (χ1v) is 6.54. The first-order valence-electron chi connectivity index (χ1n) is 5.25. The van der Waals surface area contributed by atoms with Crippen molar-refractivity contribution in [2.75, 3.05) is 0 Å². The lowest BCUT2D eigenvalue weighted by Crippen LogP contribution is -2.16. The largest absolute Gasteiger partial charge is 0.434 e. The number of rotatable bonds is 3. The summed E-state index contributed by atoms with van der Waals surface area (Å²) in [5.41, 5.74) is 0. The van der Waals surface area contributed by atoms with Crippen molar-refractivity contribution < 1.29 is 9.53 Å². The smallest absolute Gasteiger partial charge is 0.327 e. The molecule has 2 aromatic rings. The number of carbonyl (C=O) groups is 1. The topological polar surface area (TPSA) is 80.8 Å². The van der Waals surface area contributed by atoms with Crippen LogP contribution in [-0.4, -0.2) is 31.8 Å². The summed E-state index contributed by atoms with van der Waals surface area (Å²) in [6.45, 7) is 0. The van der Waals surface area contributed by atoms with Gasteiger partial charge in [0.25, 0.3) is 0 Å². The highest BCUT2D eigenvalue weighted by Crippen LogP contribution is 2.48. The standard InChI is InChI=1S/C11H9N4O2S/c16-10-9(6-7-17-10)18(11-12-14-15-13-11)8-4-2-1-3-5-8/h1-7,9H,(H,12,13,14,15). The summed E-state index contributed by atoms with van der Waals surface area (Å²) in [6, 6.07) is 9.64. The third-order valence-corrected chi connectivity index (χ3v) is 4.65. The van der Waals surface area contributed by atoms with Crippen LogP contribution in [0.25, 0.3) is 0 Å². The Balaban J connectivity index is 2.04. The van der Waals surface area contributed by atoms with Crippen molar-refractivity contribution in [1.29, 1.82) is 0 Å². The molecule has 1 unspecified atom stereocenters. The number of nitrogens with zero attached hydrogens (tertiary/aromatic N) is 3. The fraction of sp³-hybridized carbons (Fsp3) is 0.0909. The van der Waals surface area contributed by atoms with Crippen molar-refractivity contribution in [2.24, 2.45) is 0 Å². The number of tetrazole rings is 1. The molecule has 2 heterocycles. The van der Waals surface area contributed by atoms with Crippen molar-refractivity contribution in [3.05, 3.63) is 42.7 Å². The number of aromatic nitrogens is 4. The van der Waals surface area contributed by atoms with Crippen molar-refractivity contribution in [3.8, 4) is 0 Å². The van der Waals surface area contributed by atoms with Gasteiger partial charge in [0.15, 0.2) is 0 Å². The van der Waals surface area contributed by atoms with Crippen LogP contribution in [0, 0.1) is 0 Å². The maximum Gasteiger partial charge on any atom is 0.327 e. The minimum Gasteiger partial charge on any atom is -0.434 e. The number of hydrogen-bond acceptors (Lipinski definition) is 5. The fourth-order valence-corrected chi connectivity index (χ4v) is 3.60. The van der Waals surface area contributed by atoms with Gasteiger partial charge in [-0.25, -0.2) is 0 Å². The molecule has 7 heteroatoms. The molecule has 1 aliphatic heterocycles. The zero-order valence-corrected chi connectivity index (χ0v) is 10.0. The van der Waals surface area contributed by atoms with Gasteiger partial charge in [-0.15, -0.1) is 10.2 Å². The van der Waals surface area contributed by atoms with Crippen LogP contribution in [0.4, 0.5) is 0 Å². The molecular formula is C11H9N4O2S. The Labute approximate surface area is 105 Å².